The van der Waals surface area contributed by atoms with Crippen LogP contribution in [0.15, 0.2) is 24.3 Å². The molecule has 16 heavy (non-hydrogen) atoms. The van der Waals surface area contributed by atoms with Crippen molar-refractivity contribution in [2.24, 2.45) is 0 Å². The van der Waals surface area contributed by atoms with Crippen LogP contribution >= 0.6 is 23.2 Å². The number of rotatable bonds is 1. The zero-order valence-corrected chi connectivity index (χ0v) is 9.22. The Kier molecular flexibility index (Phi) is 2.69. The van der Waals surface area contributed by atoms with Gasteiger partial charge in [0.05, 0.1) is 15.7 Å². The fraction of sp³-hybridized carbons (Fsp3) is 0. The van der Waals surface area contributed by atoms with Gasteiger partial charge in [-0.1, -0.05) is 23.2 Å². The van der Waals surface area contributed by atoms with Crippen LogP contribution in [-0.2, 0) is 9.59 Å². The number of carbonyl (C=O) groups excluding carboxylic acids is 2. The molecule has 1 aromatic rings. The van der Waals surface area contributed by atoms with Crippen molar-refractivity contribution in [3.63, 3.8) is 0 Å². The molecule has 0 bridgehead atoms. The van der Waals surface area contributed by atoms with Crippen LogP contribution in [-0.4, -0.2) is 11.8 Å². The molecule has 1 aliphatic rings. The van der Waals surface area contributed by atoms with Gasteiger partial charge in [-0.25, -0.2) is 9.29 Å². The molecule has 1 aliphatic heterocycles. The molecule has 0 spiro atoms. The maximum absolute atomic E-state index is 13.0. The lowest BCUT2D eigenvalue weighted by atomic mass is 10.3. The van der Waals surface area contributed by atoms with Crippen LogP contribution in [0.25, 0.3) is 0 Å². The summed E-state index contributed by atoms with van der Waals surface area (Å²) in [7, 11) is 0. The Morgan fingerprint density at radius 1 is 1.00 bits per heavy atom. The normalized spacial score (nSPS) is 15.1. The van der Waals surface area contributed by atoms with Gasteiger partial charge in [-0.2, -0.15) is 0 Å². The second-order valence-electron chi connectivity index (χ2n) is 3.04. The Morgan fingerprint density at radius 2 is 1.56 bits per heavy atom. The minimum Gasteiger partial charge on any atom is -0.269 e. The van der Waals surface area contributed by atoms with Crippen LogP contribution in [0.1, 0.15) is 0 Å². The highest BCUT2D eigenvalue weighted by atomic mass is 35.5. The summed E-state index contributed by atoms with van der Waals surface area (Å²) in [6, 6.07) is 2.27. The van der Waals surface area contributed by atoms with Crippen LogP contribution in [0.5, 0.6) is 0 Å². The van der Waals surface area contributed by atoms with Gasteiger partial charge < -0.3 is 0 Å². The van der Waals surface area contributed by atoms with Gasteiger partial charge in [-0.3, -0.25) is 9.59 Å². The van der Waals surface area contributed by atoms with Crippen molar-refractivity contribution in [1.29, 1.82) is 0 Å². The number of hydrogen-bond donors (Lipinski definition) is 0. The lowest BCUT2D eigenvalue weighted by Crippen LogP contribution is -2.29. The molecule has 0 aromatic heterocycles. The van der Waals surface area contributed by atoms with Gasteiger partial charge in [0, 0.05) is 12.2 Å². The van der Waals surface area contributed by atoms with Crippen molar-refractivity contribution in [2.75, 3.05) is 4.90 Å². The molecule has 0 unspecified atom stereocenters. The number of carbonyl (C=O) groups is 2. The van der Waals surface area contributed by atoms with Crippen LogP contribution in [0.2, 0.25) is 10.0 Å². The smallest absolute Gasteiger partial charge is 0.258 e. The van der Waals surface area contributed by atoms with Crippen molar-refractivity contribution in [2.45, 2.75) is 0 Å². The molecule has 2 amide bonds. The number of nitrogens with zero attached hydrogens (tertiary/aromatic N) is 1. The van der Waals surface area contributed by atoms with Crippen LogP contribution in [0.3, 0.4) is 0 Å². The second kappa shape index (κ2) is 3.88. The Morgan fingerprint density at radius 3 is 2.12 bits per heavy atom. The molecule has 82 valence electrons. The second-order valence-corrected chi connectivity index (χ2v) is 3.80. The van der Waals surface area contributed by atoms with Crippen LogP contribution < -0.4 is 4.90 Å². The number of amides is 2. The van der Waals surface area contributed by atoms with Crippen molar-refractivity contribution >= 4 is 40.7 Å². The minimum absolute atomic E-state index is 0.0769. The van der Waals surface area contributed by atoms with E-state index in [2.05, 4.69) is 0 Å². The molecule has 3 nitrogen and oxygen atoms in total. The first-order valence-electron chi connectivity index (χ1n) is 4.22. The average Bonchev–Trinajstić information content (AvgIpc) is 2.57. The maximum atomic E-state index is 13.0. The molecule has 1 aromatic carbocycles. The van der Waals surface area contributed by atoms with Crippen molar-refractivity contribution in [3.8, 4) is 0 Å². The van der Waals surface area contributed by atoms with Gasteiger partial charge >= 0.3 is 0 Å². The molecule has 0 atom stereocenters. The number of imide groups is 1. The molecular formula is C10H4Cl2FNO2. The fourth-order valence-corrected chi connectivity index (χ4v) is 1.72. The lowest BCUT2D eigenvalue weighted by molar-refractivity contribution is -0.119. The minimum atomic E-state index is -0.706. The first-order chi connectivity index (χ1) is 7.52. The van der Waals surface area contributed by atoms with E-state index in [0.717, 1.165) is 23.1 Å². The monoisotopic (exact) mass is 259 g/mol. The third kappa shape index (κ3) is 1.60. The summed E-state index contributed by atoms with van der Waals surface area (Å²) in [6.45, 7) is 0. The van der Waals surface area contributed by atoms with E-state index in [1.54, 1.807) is 0 Å². The van der Waals surface area contributed by atoms with Crippen LogP contribution in [0, 0.1) is 5.82 Å². The highest BCUT2D eigenvalue weighted by Gasteiger charge is 2.28. The summed E-state index contributed by atoms with van der Waals surface area (Å²) in [5.41, 5.74) is 0.0769. The standard InChI is InChI=1S/C10H4Cl2FNO2/c11-9-5(13)1-2-6(10(9)12)14-7(15)3-4-8(14)16/h1-4H. The summed E-state index contributed by atoms with van der Waals surface area (Å²) in [5, 5.41) is -0.473. The van der Waals surface area contributed by atoms with Crippen LogP contribution in [0.4, 0.5) is 10.1 Å². The summed E-state index contributed by atoms with van der Waals surface area (Å²) in [6.07, 6.45) is 2.21. The van der Waals surface area contributed by atoms with E-state index in [1.807, 2.05) is 0 Å². The predicted molar refractivity (Wildman–Crippen MR) is 58.1 cm³/mol. The Bertz CT molecular complexity index is 510. The Labute approximate surface area is 100 Å². The highest BCUT2D eigenvalue weighted by molar-refractivity contribution is 6.45. The van der Waals surface area contributed by atoms with Gasteiger partial charge in [0.1, 0.15) is 5.82 Å². The summed E-state index contributed by atoms with van der Waals surface area (Å²) in [4.78, 5) is 23.5. The molecular weight excluding hydrogens is 256 g/mol. The largest absolute Gasteiger partial charge is 0.269 e. The molecule has 0 saturated heterocycles. The number of anilines is 1. The molecule has 0 N–H and O–H groups in total. The molecule has 2 rings (SSSR count). The first kappa shape index (κ1) is 11.1. The van der Waals surface area contributed by atoms with E-state index in [4.69, 9.17) is 23.2 Å². The van der Waals surface area contributed by atoms with Crippen molar-refractivity contribution < 1.29 is 14.0 Å². The SMILES string of the molecule is O=C1C=CC(=O)N1c1ccc(F)c(Cl)c1Cl. The molecule has 0 aliphatic carbocycles. The molecule has 0 radical (unpaired) electrons. The number of hydrogen-bond acceptors (Lipinski definition) is 2. The number of benzene rings is 1. The topological polar surface area (TPSA) is 37.4 Å². The van der Waals surface area contributed by atoms with E-state index < -0.39 is 17.6 Å². The molecule has 0 fully saturated rings. The van der Waals surface area contributed by atoms with Crippen molar-refractivity contribution in [3.05, 3.63) is 40.1 Å². The quantitative estimate of drug-likeness (QED) is 0.574. The summed E-state index contributed by atoms with van der Waals surface area (Å²) in [5.74, 6) is -1.77. The fourth-order valence-electron chi connectivity index (χ4n) is 1.33. The van der Waals surface area contributed by atoms with Gasteiger partial charge in [-0.15, -0.1) is 0 Å². The predicted octanol–water partition coefficient (Wildman–Crippen LogP) is 2.56. The molecule has 1 heterocycles. The lowest BCUT2D eigenvalue weighted by Gasteiger charge is -2.16. The third-order valence-corrected chi connectivity index (χ3v) is 2.91. The average molecular weight is 260 g/mol. The van der Waals surface area contributed by atoms with E-state index >= 15 is 0 Å². The van der Waals surface area contributed by atoms with Crippen molar-refractivity contribution in [1.82, 2.24) is 0 Å². The first-order valence-corrected chi connectivity index (χ1v) is 4.97. The maximum Gasteiger partial charge on any atom is 0.258 e. The zero-order chi connectivity index (χ0) is 11.9. The van der Waals surface area contributed by atoms with E-state index in [-0.39, 0.29) is 15.7 Å². The Hall–Kier alpha value is -1.39. The number of halogens is 3. The van der Waals surface area contributed by atoms with Gasteiger partial charge in [0.15, 0.2) is 0 Å². The third-order valence-electron chi connectivity index (χ3n) is 2.06. The molecule has 6 heteroatoms. The zero-order valence-electron chi connectivity index (χ0n) is 7.71. The van der Waals surface area contributed by atoms with Gasteiger partial charge in [-0.05, 0) is 12.1 Å². The van der Waals surface area contributed by atoms with Gasteiger partial charge in [0.2, 0.25) is 0 Å². The van der Waals surface area contributed by atoms with E-state index in [1.165, 1.54) is 6.07 Å². The summed E-state index contributed by atoms with van der Waals surface area (Å²) >= 11 is 11.3. The molecule has 0 saturated carbocycles. The highest BCUT2D eigenvalue weighted by Crippen LogP contribution is 2.35. The Balaban J connectivity index is 2.54. The summed E-state index contributed by atoms with van der Waals surface area (Å²) < 4.78 is 13.0. The van der Waals surface area contributed by atoms with E-state index in [9.17, 15) is 14.0 Å². The van der Waals surface area contributed by atoms with Gasteiger partial charge in [0.25, 0.3) is 11.8 Å². The van der Waals surface area contributed by atoms with E-state index in [0.29, 0.717) is 0 Å².